The molecule has 1 amide bonds. The molecule has 0 aliphatic carbocycles. The van der Waals surface area contributed by atoms with Crippen LogP contribution in [0.2, 0.25) is 0 Å². The van der Waals surface area contributed by atoms with Gasteiger partial charge in [-0.2, -0.15) is 0 Å². The topological polar surface area (TPSA) is 149 Å². The minimum Gasteiger partial charge on any atom is -0.394 e. The van der Waals surface area contributed by atoms with E-state index in [-0.39, 0.29) is 12.5 Å². The van der Waals surface area contributed by atoms with Crippen molar-refractivity contribution in [2.45, 2.75) is 140 Å². The number of hydrogen-bond acceptors (Lipinski definition) is 8. The number of nitrogens with one attached hydrogen (secondary N) is 1. The summed E-state index contributed by atoms with van der Waals surface area (Å²) in [6.45, 7) is 3.60. The van der Waals surface area contributed by atoms with Gasteiger partial charge in [-0.25, -0.2) is 0 Å². The largest absolute Gasteiger partial charge is 0.394 e. The highest BCUT2D eigenvalue weighted by molar-refractivity contribution is 5.76. The van der Waals surface area contributed by atoms with Crippen molar-refractivity contribution < 1.29 is 39.8 Å². The molecule has 0 spiro atoms. The SMILES string of the molecule is CCCCCCCCCC(=O)NC(COC1OC(CO)C(O)C(O)C1O)C(O)CCCCCC. The third kappa shape index (κ3) is 11.7. The monoisotopic (exact) mass is 491 g/mol. The lowest BCUT2D eigenvalue weighted by Crippen LogP contribution is -2.60. The zero-order valence-corrected chi connectivity index (χ0v) is 21.1. The fourth-order valence-corrected chi connectivity index (χ4v) is 4.16. The quantitative estimate of drug-likeness (QED) is 0.150. The van der Waals surface area contributed by atoms with E-state index in [1.807, 2.05) is 0 Å². The Morgan fingerprint density at radius 1 is 0.882 bits per heavy atom. The minimum absolute atomic E-state index is 0.138. The lowest BCUT2D eigenvalue weighted by molar-refractivity contribution is -0.302. The maximum Gasteiger partial charge on any atom is 0.220 e. The number of rotatable bonds is 19. The molecule has 1 rings (SSSR count). The van der Waals surface area contributed by atoms with Crippen LogP contribution in [0, 0.1) is 0 Å². The van der Waals surface area contributed by atoms with Crippen LogP contribution in [0.5, 0.6) is 0 Å². The molecule has 1 heterocycles. The Labute approximate surface area is 204 Å². The summed E-state index contributed by atoms with van der Waals surface area (Å²) >= 11 is 0. The van der Waals surface area contributed by atoms with Crippen LogP contribution in [-0.2, 0) is 14.3 Å². The van der Waals surface area contributed by atoms with Gasteiger partial charge in [-0.1, -0.05) is 78.1 Å². The van der Waals surface area contributed by atoms with Crippen LogP contribution < -0.4 is 5.32 Å². The molecule has 7 atom stereocenters. The molecule has 6 N–H and O–H groups in total. The predicted octanol–water partition coefficient (Wildman–Crippen LogP) is 1.76. The Kier molecular flexibility index (Phi) is 16.9. The molecule has 1 fully saturated rings. The number of ether oxygens (including phenoxy) is 2. The Hall–Kier alpha value is -0.810. The van der Waals surface area contributed by atoms with E-state index >= 15 is 0 Å². The molecule has 34 heavy (non-hydrogen) atoms. The smallest absolute Gasteiger partial charge is 0.220 e. The zero-order valence-electron chi connectivity index (χ0n) is 21.1. The van der Waals surface area contributed by atoms with Gasteiger partial charge in [0.2, 0.25) is 5.91 Å². The second-order valence-electron chi connectivity index (χ2n) is 9.49. The molecule has 7 unspecified atom stereocenters. The maximum atomic E-state index is 12.5. The van der Waals surface area contributed by atoms with Crippen LogP contribution in [0.25, 0.3) is 0 Å². The summed E-state index contributed by atoms with van der Waals surface area (Å²) in [6.07, 6.45) is 4.81. The molecule has 1 aliphatic rings. The number of carbonyl (C=O) groups is 1. The van der Waals surface area contributed by atoms with Crippen LogP contribution in [0.3, 0.4) is 0 Å². The summed E-state index contributed by atoms with van der Waals surface area (Å²) in [4.78, 5) is 12.5. The van der Waals surface area contributed by atoms with Crippen LogP contribution in [0.15, 0.2) is 0 Å². The van der Waals surface area contributed by atoms with E-state index in [2.05, 4.69) is 19.2 Å². The van der Waals surface area contributed by atoms with E-state index in [0.717, 1.165) is 44.9 Å². The van der Waals surface area contributed by atoms with Crippen LogP contribution >= 0.6 is 0 Å². The lowest BCUT2D eigenvalue weighted by atomic mass is 9.99. The van der Waals surface area contributed by atoms with Gasteiger partial charge >= 0.3 is 0 Å². The molecule has 0 bridgehead atoms. The third-order valence-corrected chi connectivity index (χ3v) is 6.46. The first-order chi connectivity index (χ1) is 16.3. The highest BCUT2D eigenvalue weighted by Crippen LogP contribution is 2.22. The van der Waals surface area contributed by atoms with Gasteiger partial charge in [0, 0.05) is 6.42 Å². The average Bonchev–Trinajstić information content (AvgIpc) is 2.83. The molecule has 202 valence electrons. The Balaban J connectivity index is 2.58. The number of amides is 1. The number of aliphatic hydroxyl groups is 5. The molecule has 9 nitrogen and oxygen atoms in total. The molecule has 0 aromatic carbocycles. The van der Waals surface area contributed by atoms with E-state index in [0.29, 0.717) is 12.8 Å². The summed E-state index contributed by atoms with van der Waals surface area (Å²) in [5.41, 5.74) is 0. The van der Waals surface area contributed by atoms with Gasteiger partial charge in [-0.3, -0.25) is 4.79 Å². The summed E-state index contributed by atoms with van der Waals surface area (Å²) in [6, 6.07) is -0.703. The van der Waals surface area contributed by atoms with Gasteiger partial charge in [0.15, 0.2) is 6.29 Å². The molecule has 1 aliphatic heterocycles. The van der Waals surface area contributed by atoms with Crippen molar-refractivity contribution in [1.29, 1.82) is 0 Å². The highest BCUT2D eigenvalue weighted by Gasteiger charge is 2.44. The Morgan fingerprint density at radius 2 is 1.47 bits per heavy atom. The summed E-state index contributed by atoms with van der Waals surface area (Å²) in [5.74, 6) is -0.163. The minimum atomic E-state index is -1.54. The second kappa shape index (κ2) is 18.5. The predicted molar refractivity (Wildman–Crippen MR) is 129 cm³/mol. The molecular weight excluding hydrogens is 442 g/mol. The number of unbranched alkanes of at least 4 members (excludes halogenated alkanes) is 9. The van der Waals surface area contributed by atoms with Crippen molar-refractivity contribution >= 4 is 5.91 Å². The van der Waals surface area contributed by atoms with Crippen molar-refractivity contribution in [3.05, 3.63) is 0 Å². The van der Waals surface area contributed by atoms with Crippen molar-refractivity contribution in [3.63, 3.8) is 0 Å². The third-order valence-electron chi connectivity index (χ3n) is 6.46. The van der Waals surface area contributed by atoms with E-state index in [1.165, 1.54) is 25.7 Å². The summed E-state index contributed by atoms with van der Waals surface area (Å²) in [7, 11) is 0. The van der Waals surface area contributed by atoms with Gasteiger partial charge < -0.3 is 40.3 Å². The van der Waals surface area contributed by atoms with Crippen LogP contribution in [0.4, 0.5) is 0 Å². The number of hydrogen-bond donors (Lipinski definition) is 6. The van der Waals surface area contributed by atoms with Crippen LogP contribution in [0.1, 0.15) is 97.3 Å². The van der Waals surface area contributed by atoms with Crippen molar-refractivity contribution in [2.24, 2.45) is 0 Å². The van der Waals surface area contributed by atoms with E-state index in [1.54, 1.807) is 0 Å². The standard InChI is InChI=1S/C25H49NO8/c1-3-5-7-9-10-11-13-15-21(29)26-18(19(28)14-12-8-6-4-2)17-33-25-24(32)23(31)22(30)20(16-27)34-25/h18-20,22-25,27-28,30-32H,3-17H2,1-2H3,(H,26,29). The molecule has 0 saturated carbocycles. The van der Waals surface area contributed by atoms with Gasteiger partial charge in [0.05, 0.1) is 25.4 Å². The number of aliphatic hydroxyl groups excluding tert-OH is 5. The molecule has 0 radical (unpaired) electrons. The van der Waals surface area contributed by atoms with E-state index in [9.17, 15) is 30.3 Å². The molecular formula is C25H49NO8. The van der Waals surface area contributed by atoms with Gasteiger partial charge in [-0.15, -0.1) is 0 Å². The van der Waals surface area contributed by atoms with E-state index in [4.69, 9.17) is 9.47 Å². The molecule has 0 aromatic heterocycles. The fourth-order valence-electron chi connectivity index (χ4n) is 4.16. The van der Waals surface area contributed by atoms with Gasteiger partial charge in [-0.05, 0) is 12.8 Å². The van der Waals surface area contributed by atoms with Gasteiger partial charge in [0.1, 0.15) is 24.4 Å². The summed E-state index contributed by atoms with van der Waals surface area (Å²) < 4.78 is 11.0. The summed E-state index contributed by atoms with van der Waals surface area (Å²) in [5, 5.41) is 53.0. The van der Waals surface area contributed by atoms with Crippen LogP contribution in [-0.4, -0.2) is 87.5 Å². The first-order valence-corrected chi connectivity index (χ1v) is 13.2. The molecule has 9 heteroatoms. The van der Waals surface area contributed by atoms with Crippen molar-refractivity contribution in [3.8, 4) is 0 Å². The average molecular weight is 492 g/mol. The zero-order chi connectivity index (χ0) is 25.3. The molecule has 1 saturated heterocycles. The van der Waals surface area contributed by atoms with Crippen molar-refractivity contribution in [2.75, 3.05) is 13.2 Å². The maximum absolute atomic E-state index is 12.5. The lowest BCUT2D eigenvalue weighted by Gasteiger charge is -2.40. The van der Waals surface area contributed by atoms with Crippen molar-refractivity contribution in [1.82, 2.24) is 5.32 Å². The highest BCUT2D eigenvalue weighted by atomic mass is 16.7. The Morgan fingerprint density at radius 3 is 2.09 bits per heavy atom. The normalized spacial score (nSPS) is 26.9. The fraction of sp³-hybridized carbons (Fsp3) is 0.960. The number of carbonyl (C=O) groups excluding carboxylic acids is 1. The second-order valence-corrected chi connectivity index (χ2v) is 9.49. The Bertz CT molecular complexity index is 521. The molecule has 0 aromatic rings. The first-order valence-electron chi connectivity index (χ1n) is 13.2. The van der Waals surface area contributed by atoms with Gasteiger partial charge in [0.25, 0.3) is 0 Å². The first kappa shape index (κ1) is 31.2. The van der Waals surface area contributed by atoms with E-state index < -0.39 is 49.5 Å².